The van der Waals surface area contributed by atoms with E-state index in [1.54, 1.807) is 0 Å². The quantitative estimate of drug-likeness (QED) is 0.902. The van der Waals surface area contributed by atoms with Crippen molar-refractivity contribution in [2.45, 2.75) is 49.0 Å². The average molecular weight is 280 g/mol. The zero-order chi connectivity index (χ0) is 13.7. The molecule has 0 heterocycles. The molecule has 104 valence electrons. The van der Waals surface area contributed by atoms with Gasteiger partial charge in [-0.1, -0.05) is 49.6 Å². The highest BCUT2D eigenvalue weighted by molar-refractivity contribution is 7.87. The van der Waals surface area contributed by atoms with Gasteiger partial charge < -0.3 is 5.11 Å². The van der Waals surface area contributed by atoms with Gasteiger partial charge in [-0.05, 0) is 24.8 Å². The Bertz CT molecular complexity index is 438. The minimum absolute atomic E-state index is 0.0681. The van der Waals surface area contributed by atoms with E-state index in [4.69, 9.17) is 0 Å². The Morgan fingerprint density at radius 3 is 2.42 bits per heavy atom. The molecule has 0 amide bonds. The molecule has 0 aromatic heterocycles. The summed E-state index contributed by atoms with van der Waals surface area (Å²) in [6.45, 7) is 0. The maximum atomic E-state index is 12.5. The van der Waals surface area contributed by atoms with Crippen LogP contribution in [0.15, 0.2) is 30.3 Å². The predicted molar refractivity (Wildman–Crippen MR) is 76.6 cm³/mol. The van der Waals surface area contributed by atoms with Gasteiger partial charge in [-0.15, -0.1) is 0 Å². The third kappa shape index (κ3) is 3.90. The van der Waals surface area contributed by atoms with Crippen LogP contribution in [-0.2, 0) is 22.0 Å². The fourth-order valence-corrected chi connectivity index (χ4v) is 4.44. The van der Waals surface area contributed by atoms with E-state index in [0.717, 1.165) is 31.2 Å². The number of aliphatic carboxylic acids is 1. The van der Waals surface area contributed by atoms with Crippen LogP contribution in [-0.4, -0.2) is 25.8 Å². The van der Waals surface area contributed by atoms with Crippen molar-refractivity contribution in [1.82, 2.24) is 0 Å². The smallest absolute Gasteiger partial charge is 0.319 e. The third-order valence-corrected chi connectivity index (χ3v) is 5.76. The van der Waals surface area contributed by atoms with Crippen molar-refractivity contribution in [3.63, 3.8) is 0 Å². The lowest BCUT2D eigenvalue weighted by Crippen LogP contribution is -2.35. The van der Waals surface area contributed by atoms with Crippen molar-refractivity contribution in [3.05, 3.63) is 35.9 Å². The minimum atomic E-state index is -1.27. The standard InChI is InChI=1S/C15H20O3S/c16-15(17)14(11-12-7-3-1-4-8-12)19(18)13-9-5-2-6-10-13/h1,3-4,7-8,13-14H,2,5-6,9-11H2,(H,16,17). The lowest BCUT2D eigenvalue weighted by molar-refractivity contribution is -0.136. The molecule has 2 unspecified atom stereocenters. The van der Waals surface area contributed by atoms with E-state index in [-0.39, 0.29) is 5.25 Å². The van der Waals surface area contributed by atoms with Gasteiger partial charge in [0, 0.05) is 16.0 Å². The average Bonchev–Trinajstić information content (AvgIpc) is 2.46. The molecule has 0 spiro atoms. The Labute approximate surface area is 116 Å². The molecule has 0 saturated heterocycles. The number of rotatable bonds is 5. The molecule has 1 aromatic rings. The highest BCUT2D eigenvalue weighted by atomic mass is 32.2. The maximum absolute atomic E-state index is 12.5. The fraction of sp³-hybridized carbons (Fsp3) is 0.533. The Balaban J connectivity index is 2.07. The van der Waals surface area contributed by atoms with E-state index >= 15 is 0 Å². The SMILES string of the molecule is O=C(O)C(Cc1ccccc1)S(=O)C1CCCCC1. The molecule has 1 aliphatic carbocycles. The van der Waals surface area contributed by atoms with Gasteiger partial charge in [0.2, 0.25) is 0 Å². The van der Waals surface area contributed by atoms with E-state index in [0.29, 0.717) is 6.42 Å². The predicted octanol–water partition coefficient (Wildman–Crippen LogP) is 2.76. The molecule has 1 saturated carbocycles. The van der Waals surface area contributed by atoms with Gasteiger partial charge in [0.05, 0.1) is 0 Å². The molecule has 0 aliphatic heterocycles. The van der Waals surface area contributed by atoms with Crippen molar-refractivity contribution in [2.75, 3.05) is 0 Å². The summed E-state index contributed by atoms with van der Waals surface area (Å²) < 4.78 is 12.5. The van der Waals surface area contributed by atoms with Crippen LogP contribution in [0, 0.1) is 0 Å². The number of hydrogen-bond donors (Lipinski definition) is 1. The first-order chi connectivity index (χ1) is 9.18. The van der Waals surface area contributed by atoms with Gasteiger partial charge in [-0.2, -0.15) is 0 Å². The molecule has 1 fully saturated rings. The molecule has 2 rings (SSSR count). The van der Waals surface area contributed by atoms with E-state index in [1.165, 1.54) is 6.42 Å². The van der Waals surface area contributed by atoms with Crippen LogP contribution >= 0.6 is 0 Å². The number of carboxylic acid groups (broad SMARTS) is 1. The molecule has 1 N–H and O–H groups in total. The van der Waals surface area contributed by atoms with Gasteiger partial charge in [0.1, 0.15) is 5.25 Å². The first-order valence-electron chi connectivity index (χ1n) is 6.84. The molecule has 0 radical (unpaired) electrons. The lowest BCUT2D eigenvalue weighted by Gasteiger charge is -2.24. The second-order valence-corrected chi connectivity index (χ2v) is 7.00. The molecule has 0 bridgehead atoms. The lowest BCUT2D eigenvalue weighted by atomic mass is 10.0. The summed E-state index contributed by atoms with van der Waals surface area (Å²) in [4.78, 5) is 11.4. The summed E-state index contributed by atoms with van der Waals surface area (Å²) in [5.74, 6) is -0.937. The van der Waals surface area contributed by atoms with Crippen LogP contribution in [0.25, 0.3) is 0 Å². The van der Waals surface area contributed by atoms with E-state index in [1.807, 2.05) is 30.3 Å². The molecule has 1 aromatic carbocycles. The van der Waals surface area contributed by atoms with Crippen molar-refractivity contribution in [1.29, 1.82) is 0 Å². The molecule has 4 heteroatoms. The van der Waals surface area contributed by atoms with E-state index in [2.05, 4.69) is 0 Å². The van der Waals surface area contributed by atoms with Crippen molar-refractivity contribution < 1.29 is 14.1 Å². The van der Waals surface area contributed by atoms with Crippen LogP contribution < -0.4 is 0 Å². The Morgan fingerprint density at radius 1 is 1.21 bits per heavy atom. The topological polar surface area (TPSA) is 54.4 Å². The van der Waals surface area contributed by atoms with Crippen molar-refractivity contribution in [3.8, 4) is 0 Å². The van der Waals surface area contributed by atoms with E-state index in [9.17, 15) is 14.1 Å². The van der Waals surface area contributed by atoms with Crippen LogP contribution in [0.5, 0.6) is 0 Å². The van der Waals surface area contributed by atoms with Gasteiger partial charge in [0.15, 0.2) is 0 Å². The molecule has 3 nitrogen and oxygen atoms in total. The summed E-state index contributed by atoms with van der Waals surface area (Å²) in [6, 6.07) is 9.47. The van der Waals surface area contributed by atoms with Crippen LogP contribution in [0.2, 0.25) is 0 Å². The summed E-state index contributed by atoms with van der Waals surface area (Å²) in [7, 11) is -1.27. The zero-order valence-corrected chi connectivity index (χ0v) is 11.8. The first-order valence-corrected chi connectivity index (χ1v) is 8.12. The molecule has 2 atom stereocenters. The Hall–Kier alpha value is -1.16. The largest absolute Gasteiger partial charge is 0.480 e. The zero-order valence-electron chi connectivity index (χ0n) is 11.0. The highest BCUT2D eigenvalue weighted by Crippen LogP contribution is 2.25. The van der Waals surface area contributed by atoms with Crippen molar-refractivity contribution >= 4 is 16.8 Å². The normalized spacial score (nSPS) is 19.8. The van der Waals surface area contributed by atoms with Gasteiger partial charge in [-0.25, -0.2) is 0 Å². The fourth-order valence-electron chi connectivity index (χ4n) is 2.63. The van der Waals surface area contributed by atoms with Crippen LogP contribution in [0.4, 0.5) is 0 Å². The summed E-state index contributed by atoms with van der Waals surface area (Å²) in [5, 5.41) is 8.64. The number of carbonyl (C=O) groups is 1. The van der Waals surface area contributed by atoms with Gasteiger partial charge in [0.25, 0.3) is 0 Å². The molecule has 1 aliphatic rings. The number of carboxylic acids is 1. The second-order valence-electron chi connectivity index (χ2n) is 5.11. The summed E-state index contributed by atoms with van der Waals surface area (Å²) >= 11 is 0. The summed E-state index contributed by atoms with van der Waals surface area (Å²) in [6.07, 6.45) is 5.52. The van der Waals surface area contributed by atoms with Crippen LogP contribution in [0.1, 0.15) is 37.7 Å². The maximum Gasteiger partial charge on any atom is 0.319 e. The third-order valence-electron chi connectivity index (χ3n) is 3.70. The molecular formula is C15H20O3S. The van der Waals surface area contributed by atoms with E-state index < -0.39 is 22.0 Å². The monoisotopic (exact) mass is 280 g/mol. The second kappa shape index (κ2) is 6.85. The minimum Gasteiger partial charge on any atom is -0.480 e. The van der Waals surface area contributed by atoms with Crippen LogP contribution in [0.3, 0.4) is 0 Å². The molecule has 19 heavy (non-hydrogen) atoms. The highest BCUT2D eigenvalue weighted by Gasteiger charge is 2.31. The van der Waals surface area contributed by atoms with Gasteiger partial charge in [-0.3, -0.25) is 9.00 Å². The summed E-state index contributed by atoms with van der Waals surface area (Å²) in [5.41, 5.74) is 0.944. The van der Waals surface area contributed by atoms with Gasteiger partial charge >= 0.3 is 5.97 Å². The molecular weight excluding hydrogens is 260 g/mol. The number of benzene rings is 1. The Kier molecular flexibility index (Phi) is 5.14. The Morgan fingerprint density at radius 2 is 1.84 bits per heavy atom. The number of hydrogen-bond acceptors (Lipinski definition) is 2. The van der Waals surface area contributed by atoms with Crippen molar-refractivity contribution in [2.24, 2.45) is 0 Å². The first kappa shape index (κ1) is 14.3.